The smallest absolute Gasteiger partial charge is 0.268 e. The highest BCUT2D eigenvalue weighted by atomic mass is 31.2. The van der Waals surface area contributed by atoms with E-state index in [0.29, 0.717) is 17.4 Å². The number of amides is 1. The quantitative estimate of drug-likeness (QED) is 0.0280. The lowest BCUT2D eigenvalue weighted by Crippen LogP contribution is -2.45. The number of carbonyl (C=O) groups is 1. The van der Waals surface area contributed by atoms with Crippen LogP contribution in [0.4, 0.5) is 0 Å². The third-order valence-electron chi connectivity index (χ3n) is 9.21. The fraction of sp³-hybridized carbons (Fsp3) is 0.756. The van der Waals surface area contributed by atoms with Gasteiger partial charge in [-0.15, -0.1) is 0 Å². The standard InChI is InChI=1S/C45H83N2O6P/c1-6-8-10-11-12-13-14-15-16-17-18-19-20-21-22-23-24-25-26-27-28-29-30-31-32-33-34-35-37-39-45(49)46-43(44(48)38-36-9-7-2)42-53-54(50,51)52-41-40-47(3,4)5/h8,10,12-13,15-16,18-19,36,38,43-44,48H,6-7,9,11,14,17,20-35,37,39-42H2,1-5H3,(H-,46,49,50,51)/b10-8-,13-12-,16-15-,19-18-,38-36+. The van der Waals surface area contributed by atoms with Gasteiger partial charge >= 0.3 is 0 Å². The normalized spacial score (nSPS) is 15.0. The number of aliphatic hydroxyl groups excluding tert-OH is 1. The fourth-order valence-corrected chi connectivity index (χ4v) is 6.52. The van der Waals surface area contributed by atoms with Crippen molar-refractivity contribution in [1.29, 1.82) is 0 Å². The fourth-order valence-electron chi connectivity index (χ4n) is 5.80. The van der Waals surface area contributed by atoms with Crippen LogP contribution in [0.3, 0.4) is 0 Å². The maximum Gasteiger partial charge on any atom is 0.268 e. The largest absolute Gasteiger partial charge is 0.756 e. The van der Waals surface area contributed by atoms with Gasteiger partial charge in [-0.3, -0.25) is 9.36 Å². The number of hydrogen-bond donors (Lipinski definition) is 2. The number of phosphoric ester groups is 1. The summed E-state index contributed by atoms with van der Waals surface area (Å²) in [5.41, 5.74) is 0. The summed E-state index contributed by atoms with van der Waals surface area (Å²) in [6.07, 6.45) is 48.0. The summed E-state index contributed by atoms with van der Waals surface area (Å²) in [4.78, 5) is 24.9. The summed E-state index contributed by atoms with van der Waals surface area (Å²) in [6.45, 7) is 4.30. The first-order chi connectivity index (χ1) is 26.0. The van der Waals surface area contributed by atoms with Crippen molar-refractivity contribution in [2.45, 2.75) is 180 Å². The van der Waals surface area contributed by atoms with E-state index in [0.717, 1.165) is 57.8 Å². The molecule has 54 heavy (non-hydrogen) atoms. The van der Waals surface area contributed by atoms with E-state index in [-0.39, 0.29) is 19.1 Å². The number of hydrogen-bond acceptors (Lipinski definition) is 6. The molecule has 0 aromatic carbocycles. The highest BCUT2D eigenvalue weighted by Crippen LogP contribution is 2.38. The van der Waals surface area contributed by atoms with Gasteiger partial charge in [-0.25, -0.2) is 0 Å². The molecule has 9 heteroatoms. The highest BCUT2D eigenvalue weighted by molar-refractivity contribution is 7.45. The van der Waals surface area contributed by atoms with Gasteiger partial charge in [0.15, 0.2) is 0 Å². The van der Waals surface area contributed by atoms with Gasteiger partial charge in [-0.1, -0.05) is 171 Å². The van der Waals surface area contributed by atoms with Gasteiger partial charge in [0.2, 0.25) is 5.91 Å². The zero-order chi connectivity index (χ0) is 40.0. The Morgan fingerprint density at radius 2 is 1.13 bits per heavy atom. The minimum atomic E-state index is -4.56. The van der Waals surface area contributed by atoms with Crippen molar-refractivity contribution in [2.75, 3.05) is 40.9 Å². The summed E-state index contributed by atoms with van der Waals surface area (Å²) < 4.78 is 22.8. The lowest BCUT2D eigenvalue weighted by Gasteiger charge is -2.29. The average Bonchev–Trinajstić information content (AvgIpc) is 3.12. The van der Waals surface area contributed by atoms with Crippen LogP contribution >= 0.6 is 7.82 Å². The topological polar surface area (TPSA) is 108 Å². The summed E-state index contributed by atoms with van der Waals surface area (Å²) in [5, 5.41) is 13.4. The van der Waals surface area contributed by atoms with Gasteiger partial charge in [-0.05, 0) is 51.4 Å². The first-order valence-electron chi connectivity index (χ1n) is 21.7. The number of allylic oxidation sites excluding steroid dienone is 9. The zero-order valence-corrected chi connectivity index (χ0v) is 36.3. The Morgan fingerprint density at radius 3 is 1.61 bits per heavy atom. The Labute approximate surface area is 332 Å². The minimum Gasteiger partial charge on any atom is -0.756 e. The highest BCUT2D eigenvalue weighted by Gasteiger charge is 2.23. The number of phosphoric acid groups is 1. The molecule has 0 rings (SSSR count). The maximum atomic E-state index is 12.7. The second kappa shape index (κ2) is 36.8. The molecule has 2 N–H and O–H groups in total. The van der Waals surface area contributed by atoms with Crippen LogP contribution in [0.15, 0.2) is 60.8 Å². The predicted octanol–water partition coefficient (Wildman–Crippen LogP) is 11.2. The lowest BCUT2D eigenvalue weighted by molar-refractivity contribution is -0.870. The molecule has 0 aliphatic heterocycles. The molecule has 0 aromatic heterocycles. The number of rotatable bonds is 38. The third-order valence-corrected chi connectivity index (χ3v) is 10.2. The SMILES string of the molecule is CC/C=C\C/C=C\C/C=C\C/C=C\CCCCCCCCCCCCCCCCCCC(=O)NC(COP(=O)([O-])OCC[N+](C)(C)C)C(O)/C=C/CCC. The number of nitrogens with one attached hydrogen (secondary N) is 1. The van der Waals surface area contributed by atoms with E-state index in [1.165, 1.54) is 89.9 Å². The van der Waals surface area contributed by atoms with Crippen LogP contribution in [0.1, 0.15) is 168 Å². The van der Waals surface area contributed by atoms with Crippen LogP contribution in [-0.4, -0.2) is 68.5 Å². The Morgan fingerprint density at radius 1 is 0.667 bits per heavy atom. The number of aliphatic hydroxyl groups is 1. The molecule has 1 amide bonds. The number of carbonyl (C=O) groups excluding carboxylic acids is 1. The molecule has 3 atom stereocenters. The molecule has 0 aliphatic carbocycles. The third kappa shape index (κ3) is 38.5. The van der Waals surface area contributed by atoms with Crippen molar-refractivity contribution in [3.8, 4) is 0 Å². The van der Waals surface area contributed by atoms with Crippen molar-refractivity contribution >= 4 is 13.7 Å². The van der Waals surface area contributed by atoms with E-state index in [4.69, 9.17) is 9.05 Å². The van der Waals surface area contributed by atoms with Crippen LogP contribution in [0.2, 0.25) is 0 Å². The van der Waals surface area contributed by atoms with Gasteiger partial charge in [0.25, 0.3) is 7.82 Å². The Bertz CT molecular complexity index is 1060. The number of likely N-dealkylation sites (N-methyl/N-ethyl adjacent to an activating group) is 1. The van der Waals surface area contributed by atoms with Crippen molar-refractivity contribution in [3.63, 3.8) is 0 Å². The van der Waals surface area contributed by atoms with E-state index < -0.39 is 20.0 Å². The van der Waals surface area contributed by atoms with E-state index in [1.807, 2.05) is 34.1 Å². The Kier molecular flexibility index (Phi) is 35.6. The van der Waals surface area contributed by atoms with Gasteiger partial charge in [-0.2, -0.15) is 0 Å². The molecule has 0 saturated heterocycles. The summed E-state index contributed by atoms with van der Waals surface area (Å²) in [6, 6.07) is -0.882. The number of quaternary nitrogens is 1. The summed E-state index contributed by atoms with van der Waals surface area (Å²) in [7, 11) is 1.25. The van der Waals surface area contributed by atoms with E-state index >= 15 is 0 Å². The molecule has 0 heterocycles. The second-order valence-electron chi connectivity index (χ2n) is 15.7. The van der Waals surface area contributed by atoms with E-state index in [2.05, 4.69) is 60.8 Å². The summed E-state index contributed by atoms with van der Waals surface area (Å²) in [5.74, 6) is -0.212. The molecule has 3 unspecified atom stereocenters. The predicted molar refractivity (Wildman–Crippen MR) is 228 cm³/mol. The molecular weight excluding hydrogens is 695 g/mol. The molecule has 0 bridgehead atoms. The Balaban J connectivity index is 3.83. The zero-order valence-electron chi connectivity index (χ0n) is 35.4. The van der Waals surface area contributed by atoms with Crippen molar-refractivity contribution < 1.29 is 32.9 Å². The molecule has 0 radical (unpaired) electrons. The van der Waals surface area contributed by atoms with Crippen molar-refractivity contribution in [3.05, 3.63) is 60.8 Å². The van der Waals surface area contributed by atoms with E-state index in [9.17, 15) is 19.4 Å². The number of unbranched alkanes of at least 4 members (excludes halogenated alkanes) is 17. The number of nitrogens with zero attached hydrogens (tertiary/aromatic N) is 1. The first kappa shape index (κ1) is 52.2. The average molecular weight is 779 g/mol. The van der Waals surface area contributed by atoms with Crippen molar-refractivity contribution in [1.82, 2.24) is 5.32 Å². The van der Waals surface area contributed by atoms with Gasteiger partial charge in [0, 0.05) is 6.42 Å². The minimum absolute atomic E-state index is 0.00411. The molecule has 0 spiro atoms. The molecular formula is C45H83N2O6P. The van der Waals surface area contributed by atoms with Crippen LogP contribution < -0.4 is 10.2 Å². The molecule has 0 aliphatic rings. The van der Waals surface area contributed by atoms with Gasteiger partial charge < -0.3 is 28.8 Å². The second-order valence-corrected chi connectivity index (χ2v) is 17.1. The monoisotopic (exact) mass is 779 g/mol. The molecule has 0 aromatic rings. The lowest BCUT2D eigenvalue weighted by atomic mass is 10.0. The van der Waals surface area contributed by atoms with Crippen molar-refractivity contribution in [2.24, 2.45) is 0 Å². The molecule has 0 fully saturated rings. The Hall–Kier alpha value is -1.80. The molecule has 8 nitrogen and oxygen atoms in total. The first-order valence-corrected chi connectivity index (χ1v) is 23.1. The van der Waals surface area contributed by atoms with Crippen LogP contribution in [-0.2, 0) is 18.4 Å². The van der Waals surface area contributed by atoms with Crippen LogP contribution in [0.25, 0.3) is 0 Å². The van der Waals surface area contributed by atoms with Gasteiger partial charge in [0.1, 0.15) is 13.2 Å². The molecule has 0 saturated carbocycles. The maximum absolute atomic E-state index is 12.7. The molecule has 314 valence electrons. The van der Waals surface area contributed by atoms with Crippen LogP contribution in [0.5, 0.6) is 0 Å². The summed E-state index contributed by atoms with van der Waals surface area (Å²) >= 11 is 0. The van der Waals surface area contributed by atoms with Gasteiger partial charge in [0.05, 0.1) is 39.9 Å². The van der Waals surface area contributed by atoms with Crippen LogP contribution in [0, 0.1) is 0 Å². The van der Waals surface area contributed by atoms with E-state index in [1.54, 1.807) is 6.08 Å².